The van der Waals surface area contributed by atoms with Crippen LogP contribution in [0.15, 0.2) is 54.6 Å². The number of methoxy groups -OCH3 is 1. The summed E-state index contributed by atoms with van der Waals surface area (Å²) in [5.74, 6) is -1.41. The number of aromatic nitrogens is 2. The number of esters is 1. The van der Waals surface area contributed by atoms with Gasteiger partial charge in [-0.05, 0) is 97.4 Å². The van der Waals surface area contributed by atoms with E-state index >= 15 is 0 Å². The van der Waals surface area contributed by atoms with Crippen LogP contribution in [0.5, 0.6) is 11.5 Å². The van der Waals surface area contributed by atoms with Gasteiger partial charge in [0.2, 0.25) is 11.8 Å². The first-order valence-corrected chi connectivity index (χ1v) is 21.0. The molecule has 2 aliphatic rings. The highest BCUT2D eigenvalue weighted by Gasteiger charge is 2.39. The van der Waals surface area contributed by atoms with Crippen molar-refractivity contribution in [2.24, 2.45) is 0 Å². The van der Waals surface area contributed by atoms with Crippen molar-refractivity contribution in [2.45, 2.75) is 91.2 Å². The van der Waals surface area contributed by atoms with Crippen LogP contribution in [0.2, 0.25) is 10.0 Å². The number of alkyl carbamates (subject to hydrolysis) is 1. The average Bonchev–Trinajstić information content (AvgIpc) is 3.58. The molecule has 1 saturated heterocycles. The lowest BCUT2D eigenvalue weighted by molar-refractivity contribution is -0.158. The number of amides is 4. The highest BCUT2D eigenvalue weighted by atomic mass is 35.5. The fourth-order valence-corrected chi connectivity index (χ4v) is 7.59. The Morgan fingerprint density at radius 1 is 0.905 bits per heavy atom. The summed E-state index contributed by atoms with van der Waals surface area (Å²) in [6.07, 6.45) is -1.42. The summed E-state index contributed by atoms with van der Waals surface area (Å²) in [5, 5.41) is 13.3. The molecule has 4 aromatic rings. The van der Waals surface area contributed by atoms with E-state index in [1.165, 1.54) is 7.11 Å². The quantitative estimate of drug-likeness (QED) is 0.128. The number of benzene rings is 3. The summed E-state index contributed by atoms with van der Waals surface area (Å²) < 4.78 is 30.2. The number of nitrogens with one attached hydrogen (secondary N) is 3. The molecule has 0 unspecified atom stereocenters. The van der Waals surface area contributed by atoms with Crippen molar-refractivity contribution < 1.29 is 47.7 Å². The molecule has 0 spiro atoms. The third-order valence-corrected chi connectivity index (χ3v) is 10.2. The number of carbonyl (C=O) groups is 5. The molecule has 3 N–H and O–H groups in total. The predicted molar refractivity (Wildman–Crippen MR) is 237 cm³/mol. The Morgan fingerprint density at radius 3 is 2.25 bits per heavy atom. The molecule has 0 bridgehead atoms. The molecule has 3 aromatic carbocycles. The average molecular weight is 908 g/mol. The lowest BCUT2D eigenvalue weighted by Crippen LogP contribution is -2.55. The maximum atomic E-state index is 14.3. The molecule has 18 heteroatoms. The molecule has 0 aliphatic carbocycles. The fourth-order valence-electron chi connectivity index (χ4n) is 7.08. The van der Waals surface area contributed by atoms with E-state index in [0.717, 1.165) is 0 Å². The van der Waals surface area contributed by atoms with Gasteiger partial charge in [-0.1, -0.05) is 35.3 Å². The maximum Gasteiger partial charge on any atom is 0.408 e. The van der Waals surface area contributed by atoms with Crippen LogP contribution < -0.4 is 25.4 Å². The second-order valence-corrected chi connectivity index (χ2v) is 18.6. The van der Waals surface area contributed by atoms with Crippen LogP contribution in [0.4, 0.5) is 10.5 Å². The van der Waals surface area contributed by atoms with E-state index in [4.69, 9.17) is 52.0 Å². The number of anilines is 1. The summed E-state index contributed by atoms with van der Waals surface area (Å²) >= 11 is 13.0. The number of halogens is 2. The topological polar surface area (TPSA) is 189 Å². The van der Waals surface area contributed by atoms with Gasteiger partial charge in [0.15, 0.2) is 5.69 Å². The summed E-state index contributed by atoms with van der Waals surface area (Å²) in [6, 6.07) is 14.3. The SMILES string of the molecule is COc1cc2c(cc1-c1cccc(NC(=O)CNC(=O)C[C@@H](NC(=O)OC(C)(C)C)C(=O)OC(C)(C)C)c1)-c1c(c(C(=O)N3CCOCC3(C)C)nn1-c1cc(Cl)cc(Cl)c1)CO2. The van der Waals surface area contributed by atoms with Gasteiger partial charge in [-0.3, -0.25) is 14.4 Å². The predicted octanol–water partition coefficient (Wildman–Crippen LogP) is 7.34. The number of fused-ring (bicyclic) bond motifs is 3. The van der Waals surface area contributed by atoms with E-state index in [9.17, 15) is 24.0 Å². The van der Waals surface area contributed by atoms with Crippen LogP contribution in [0, 0.1) is 0 Å². The standard InChI is InChI=1S/C45H52Cl2N6O10/c1-43(2,3)62-41(57)33(50-42(58)63-44(4,5)6)20-36(54)48-22-37(55)49-28-12-10-11-25(15-28)30-19-31-35(21-34(30)59-9)61-23-32-38(40(56)52-13-14-60-24-45(52,7)8)51-53(39(31)32)29-17-26(46)16-27(47)18-29/h10-12,15-19,21,33H,13-14,20,22-24H2,1-9H3,(H,48,54)(H,49,55)(H,50,58)/t33-/m1/s1. The Bertz CT molecular complexity index is 2420. The van der Waals surface area contributed by atoms with Gasteiger partial charge in [0.25, 0.3) is 5.91 Å². The van der Waals surface area contributed by atoms with Crippen molar-refractivity contribution >= 4 is 58.7 Å². The van der Waals surface area contributed by atoms with E-state index in [0.29, 0.717) is 80.6 Å². The number of ether oxygens (including phenoxy) is 5. The molecule has 0 radical (unpaired) electrons. The monoisotopic (exact) mass is 906 g/mol. The van der Waals surface area contributed by atoms with Gasteiger partial charge in [0.1, 0.15) is 35.3 Å². The Hall–Kier alpha value is -5.84. The van der Waals surface area contributed by atoms with E-state index in [2.05, 4.69) is 16.0 Å². The third-order valence-electron chi connectivity index (χ3n) is 9.77. The minimum Gasteiger partial charge on any atom is -0.496 e. The summed E-state index contributed by atoms with van der Waals surface area (Å²) in [7, 11) is 1.53. The molecule has 1 fully saturated rings. The number of rotatable bonds is 11. The molecule has 0 saturated carbocycles. The van der Waals surface area contributed by atoms with Crippen molar-refractivity contribution in [2.75, 3.05) is 38.7 Å². The molecule has 2 aliphatic heterocycles. The van der Waals surface area contributed by atoms with Gasteiger partial charge in [0.05, 0.1) is 50.2 Å². The Kier molecular flexibility index (Phi) is 13.7. The molecule has 336 valence electrons. The van der Waals surface area contributed by atoms with Crippen LogP contribution in [-0.2, 0) is 35.2 Å². The lowest BCUT2D eigenvalue weighted by Gasteiger charge is -2.41. The Morgan fingerprint density at radius 2 is 1.60 bits per heavy atom. The molecule has 1 aromatic heterocycles. The maximum absolute atomic E-state index is 14.3. The number of nitrogens with zero attached hydrogens (tertiary/aromatic N) is 3. The number of hydrogen-bond acceptors (Lipinski definition) is 11. The van der Waals surface area contributed by atoms with Crippen molar-refractivity contribution in [1.29, 1.82) is 0 Å². The molecule has 4 amide bonds. The largest absolute Gasteiger partial charge is 0.496 e. The molecule has 1 atom stereocenters. The van der Waals surface area contributed by atoms with Crippen molar-refractivity contribution in [3.63, 3.8) is 0 Å². The first-order chi connectivity index (χ1) is 29.5. The minimum absolute atomic E-state index is 0.0466. The van der Waals surface area contributed by atoms with Gasteiger partial charge in [-0.25, -0.2) is 14.3 Å². The van der Waals surface area contributed by atoms with Crippen molar-refractivity contribution in [3.8, 4) is 39.6 Å². The second kappa shape index (κ2) is 18.5. The van der Waals surface area contributed by atoms with Crippen LogP contribution >= 0.6 is 23.2 Å². The van der Waals surface area contributed by atoms with E-state index in [1.54, 1.807) is 93.6 Å². The second-order valence-electron chi connectivity index (χ2n) is 17.7. The van der Waals surface area contributed by atoms with Crippen LogP contribution in [0.1, 0.15) is 77.9 Å². The van der Waals surface area contributed by atoms with Gasteiger partial charge in [-0.15, -0.1) is 0 Å². The van der Waals surface area contributed by atoms with Gasteiger partial charge in [-0.2, -0.15) is 5.10 Å². The van der Waals surface area contributed by atoms with Gasteiger partial charge < -0.3 is 44.5 Å². The zero-order valence-electron chi connectivity index (χ0n) is 36.7. The molecule has 16 nitrogen and oxygen atoms in total. The Labute approximate surface area is 375 Å². The molecular weight excluding hydrogens is 855 g/mol. The molecular formula is C45H52Cl2N6O10. The first-order valence-electron chi connectivity index (χ1n) is 20.2. The highest BCUT2D eigenvalue weighted by Crippen LogP contribution is 2.47. The zero-order chi connectivity index (χ0) is 46.0. The minimum atomic E-state index is -1.38. The number of hydrogen-bond donors (Lipinski definition) is 3. The van der Waals surface area contributed by atoms with E-state index in [1.807, 2.05) is 26.0 Å². The normalized spacial score (nSPS) is 14.9. The molecule has 3 heterocycles. The highest BCUT2D eigenvalue weighted by molar-refractivity contribution is 6.34. The summed E-state index contributed by atoms with van der Waals surface area (Å²) in [6.45, 7) is 14.6. The first kappa shape index (κ1) is 46.7. The Balaban J connectivity index is 1.26. The van der Waals surface area contributed by atoms with Crippen molar-refractivity contribution in [1.82, 2.24) is 25.3 Å². The summed E-state index contributed by atoms with van der Waals surface area (Å²) in [5.41, 5.74) is 1.88. The van der Waals surface area contributed by atoms with Crippen molar-refractivity contribution in [3.05, 3.63) is 75.9 Å². The molecule has 63 heavy (non-hydrogen) atoms. The van der Waals surface area contributed by atoms with Gasteiger partial charge >= 0.3 is 12.1 Å². The molecule has 6 rings (SSSR count). The van der Waals surface area contributed by atoms with E-state index < -0.39 is 59.6 Å². The van der Waals surface area contributed by atoms with Crippen LogP contribution in [0.25, 0.3) is 28.1 Å². The number of carbonyl (C=O) groups excluding carboxylic acids is 5. The van der Waals surface area contributed by atoms with Crippen LogP contribution in [0.3, 0.4) is 0 Å². The van der Waals surface area contributed by atoms with Gasteiger partial charge in [0, 0.05) is 45.0 Å². The lowest BCUT2D eigenvalue weighted by atomic mass is 9.95. The number of morpholine rings is 1. The van der Waals surface area contributed by atoms with Crippen LogP contribution in [-0.4, -0.2) is 101 Å². The fraction of sp³-hybridized carbons (Fsp3) is 0.422. The smallest absolute Gasteiger partial charge is 0.408 e. The summed E-state index contributed by atoms with van der Waals surface area (Å²) in [4.78, 5) is 67.7. The third kappa shape index (κ3) is 11.4. The van der Waals surface area contributed by atoms with E-state index in [-0.39, 0.29) is 18.2 Å². The zero-order valence-corrected chi connectivity index (χ0v) is 38.2.